The quantitative estimate of drug-likeness (QED) is 0.795. The van der Waals surface area contributed by atoms with E-state index in [0.29, 0.717) is 0 Å². The third-order valence-electron chi connectivity index (χ3n) is 4.36. The summed E-state index contributed by atoms with van der Waals surface area (Å²) < 4.78 is 5.61. The van der Waals surface area contributed by atoms with E-state index in [1.807, 2.05) is 30.3 Å². The second-order valence-electron chi connectivity index (χ2n) is 5.86. The SMILES string of the molecule is OC[C@H](N[C@H]1CCCCN[C@@H]1c1ccco1)c1ccccc1. The van der Waals surface area contributed by atoms with Crippen molar-refractivity contribution in [1.82, 2.24) is 10.6 Å². The Hall–Kier alpha value is -1.62. The fourth-order valence-electron chi connectivity index (χ4n) is 3.20. The number of furan rings is 1. The van der Waals surface area contributed by atoms with Crippen LogP contribution >= 0.6 is 0 Å². The molecule has 3 N–H and O–H groups in total. The Bertz CT molecular complexity index is 541. The van der Waals surface area contributed by atoms with E-state index in [0.717, 1.165) is 24.3 Å². The van der Waals surface area contributed by atoms with E-state index >= 15 is 0 Å². The van der Waals surface area contributed by atoms with Crippen molar-refractivity contribution >= 4 is 0 Å². The van der Waals surface area contributed by atoms with Crippen LogP contribution in [0.4, 0.5) is 0 Å². The first-order valence-corrected chi connectivity index (χ1v) is 8.07. The van der Waals surface area contributed by atoms with Crippen molar-refractivity contribution in [3.05, 3.63) is 60.1 Å². The van der Waals surface area contributed by atoms with Crippen LogP contribution < -0.4 is 10.6 Å². The number of aliphatic hydroxyl groups excluding tert-OH is 1. The van der Waals surface area contributed by atoms with Crippen molar-refractivity contribution in [3.8, 4) is 0 Å². The molecule has 4 heteroatoms. The Kier molecular flexibility index (Phi) is 5.27. The van der Waals surface area contributed by atoms with Gasteiger partial charge in [0.25, 0.3) is 0 Å². The maximum absolute atomic E-state index is 9.79. The Morgan fingerprint density at radius 2 is 2.05 bits per heavy atom. The lowest BCUT2D eigenvalue weighted by Crippen LogP contribution is -2.43. The molecule has 22 heavy (non-hydrogen) atoms. The van der Waals surface area contributed by atoms with Gasteiger partial charge in [0, 0.05) is 6.04 Å². The third-order valence-corrected chi connectivity index (χ3v) is 4.36. The van der Waals surface area contributed by atoms with Gasteiger partial charge in [-0.05, 0) is 37.1 Å². The van der Waals surface area contributed by atoms with E-state index in [-0.39, 0.29) is 24.7 Å². The molecule has 1 aromatic carbocycles. The molecule has 0 radical (unpaired) electrons. The molecule has 0 aliphatic carbocycles. The molecular weight excluding hydrogens is 276 g/mol. The zero-order valence-corrected chi connectivity index (χ0v) is 12.7. The van der Waals surface area contributed by atoms with Gasteiger partial charge < -0.3 is 20.2 Å². The number of hydrogen-bond acceptors (Lipinski definition) is 4. The van der Waals surface area contributed by atoms with Crippen molar-refractivity contribution in [3.63, 3.8) is 0 Å². The van der Waals surface area contributed by atoms with Crippen molar-refractivity contribution in [1.29, 1.82) is 0 Å². The Balaban J connectivity index is 1.77. The van der Waals surface area contributed by atoms with Crippen molar-refractivity contribution in [2.45, 2.75) is 37.4 Å². The highest BCUT2D eigenvalue weighted by atomic mass is 16.3. The zero-order valence-electron chi connectivity index (χ0n) is 12.7. The topological polar surface area (TPSA) is 57.4 Å². The van der Waals surface area contributed by atoms with Crippen LogP contribution in [0.5, 0.6) is 0 Å². The van der Waals surface area contributed by atoms with Gasteiger partial charge >= 0.3 is 0 Å². The molecule has 0 spiro atoms. The highest BCUT2D eigenvalue weighted by Crippen LogP contribution is 2.26. The lowest BCUT2D eigenvalue weighted by atomic mass is 9.98. The van der Waals surface area contributed by atoms with Gasteiger partial charge in [0.1, 0.15) is 5.76 Å². The average molecular weight is 300 g/mol. The highest BCUT2D eigenvalue weighted by Gasteiger charge is 2.28. The molecule has 1 saturated heterocycles. The molecule has 3 rings (SSSR count). The van der Waals surface area contributed by atoms with Crippen LogP contribution in [-0.2, 0) is 0 Å². The zero-order chi connectivity index (χ0) is 15.2. The summed E-state index contributed by atoms with van der Waals surface area (Å²) in [5, 5.41) is 17.0. The minimum atomic E-state index is -0.0523. The number of benzene rings is 1. The lowest BCUT2D eigenvalue weighted by molar-refractivity contribution is 0.215. The minimum Gasteiger partial charge on any atom is -0.468 e. The second-order valence-corrected chi connectivity index (χ2v) is 5.86. The molecule has 0 amide bonds. The first-order chi connectivity index (χ1) is 10.9. The molecule has 1 aliphatic heterocycles. The first-order valence-electron chi connectivity index (χ1n) is 8.07. The van der Waals surface area contributed by atoms with Gasteiger partial charge in [-0.25, -0.2) is 0 Å². The first kappa shape index (κ1) is 15.3. The van der Waals surface area contributed by atoms with Gasteiger partial charge in [-0.2, -0.15) is 0 Å². The molecule has 1 aromatic heterocycles. The van der Waals surface area contributed by atoms with E-state index in [1.54, 1.807) is 6.26 Å². The predicted molar refractivity (Wildman–Crippen MR) is 86.5 cm³/mol. The molecule has 118 valence electrons. The number of rotatable bonds is 5. The minimum absolute atomic E-state index is 0.0523. The fourth-order valence-corrected chi connectivity index (χ4v) is 3.20. The average Bonchev–Trinajstić information content (AvgIpc) is 3.00. The summed E-state index contributed by atoms with van der Waals surface area (Å²) in [6, 6.07) is 14.4. The smallest absolute Gasteiger partial charge is 0.122 e. The molecule has 2 aromatic rings. The summed E-state index contributed by atoms with van der Waals surface area (Å²) >= 11 is 0. The van der Waals surface area contributed by atoms with Crippen LogP contribution in [0, 0.1) is 0 Å². The van der Waals surface area contributed by atoms with Gasteiger partial charge in [0.15, 0.2) is 0 Å². The van der Waals surface area contributed by atoms with Crippen LogP contribution in [-0.4, -0.2) is 24.3 Å². The second kappa shape index (κ2) is 7.58. The van der Waals surface area contributed by atoms with Gasteiger partial charge in [-0.1, -0.05) is 36.8 Å². The van der Waals surface area contributed by atoms with Crippen molar-refractivity contribution < 1.29 is 9.52 Å². The summed E-state index contributed by atoms with van der Waals surface area (Å²) in [6.07, 6.45) is 5.14. The Morgan fingerprint density at radius 1 is 1.18 bits per heavy atom. The van der Waals surface area contributed by atoms with Crippen molar-refractivity contribution in [2.24, 2.45) is 0 Å². The fraction of sp³-hybridized carbons (Fsp3) is 0.444. The highest BCUT2D eigenvalue weighted by molar-refractivity contribution is 5.20. The summed E-state index contributed by atoms with van der Waals surface area (Å²) in [4.78, 5) is 0. The molecule has 4 nitrogen and oxygen atoms in total. The number of nitrogens with one attached hydrogen (secondary N) is 2. The standard InChI is InChI=1S/C18H24N2O2/c21-13-16(14-7-2-1-3-8-14)20-15-9-4-5-11-19-18(15)17-10-6-12-22-17/h1-3,6-8,10,12,15-16,18-21H,4-5,9,11,13H2/t15-,16-,18-/m0/s1. The predicted octanol–water partition coefficient (Wildman–Crippen LogP) is 2.79. The summed E-state index contributed by atoms with van der Waals surface area (Å²) in [5.41, 5.74) is 1.12. The van der Waals surface area contributed by atoms with Crippen LogP contribution in [0.3, 0.4) is 0 Å². The maximum atomic E-state index is 9.79. The van der Waals surface area contributed by atoms with Crippen LogP contribution in [0.25, 0.3) is 0 Å². The lowest BCUT2D eigenvalue weighted by Gasteiger charge is -2.29. The monoisotopic (exact) mass is 300 g/mol. The van der Waals surface area contributed by atoms with Gasteiger partial charge in [-0.3, -0.25) is 0 Å². The third kappa shape index (κ3) is 3.58. The van der Waals surface area contributed by atoms with Gasteiger partial charge in [-0.15, -0.1) is 0 Å². The summed E-state index contributed by atoms with van der Waals surface area (Å²) in [7, 11) is 0. The number of hydrogen-bond donors (Lipinski definition) is 3. The van der Waals surface area contributed by atoms with Crippen molar-refractivity contribution in [2.75, 3.05) is 13.2 Å². The normalized spacial score (nSPS) is 23.9. The largest absolute Gasteiger partial charge is 0.468 e. The van der Waals surface area contributed by atoms with E-state index in [9.17, 15) is 5.11 Å². The number of aliphatic hydroxyl groups is 1. The van der Waals surface area contributed by atoms with Gasteiger partial charge in [0.05, 0.1) is 25.0 Å². The van der Waals surface area contributed by atoms with E-state index < -0.39 is 0 Å². The maximum Gasteiger partial charge on any atom is 0.122 e. The molecule has 0 unspecified atom stereocenters. The van der Waals surface area contributed by atoms with Crippen LogP contribution in [0.15, 0.2) is 53.1 Å². The van der Waals surface area contributed by atoms with E-state index in [1.165, 1.54) is 12.8 Å². The Labute approximate surface area is 131 Å². The molecule has 0 saturated carbocycles. The molecule has 1 aliphatic rings. The Morgan fingerprint density at radius 3 is 2.77 bits per heavy atom. The summed E-state index contributed by atoms with van der Waals surface area (Å²) in [6.45, 7) is 1.09. The van der Waals surface area contributed by atoms with E-state index in [2.05, 4.69) is 22.8 Å². The molecule has 3 atom stereocenters. The summed E-state index contributed by atoms with van der Waals surface area (Å²) in [5.74, 6) is 0.962. The van der Waals surface area contributed by atoms with Crippen LogP contribution in [0.1, 0.15) is 42.7 Å². The molecular formula is C18H24N2O2. The molecule has 0 bridgehead atoms. The van der Waals surface area contributed by atoms with Gasteiger partial charge in [0.2, 0.25) is 0 Å². The molecule has 2 heterocycles. The molecule has 1 fully saturated rings. The van der Waals surface area contributed by atoms with E-state index in [4.69, 9.17) is 4.42 Å². The van der Waals surface area contributed by atoms with Crippen LogP contribution in [0.2, 0.25) is 0 Å².